The van der Waals surface area contributed by atoms with Gasteiger partial charge in [-0.15, -0.1) is 11.6 Å². The summed E-state index contributed by atoms with van der Waals surface area (Å²) in [5, 5.41) is 0. The largest absolute Gasteiger partial charge is 0.342 e. The predicted molar refractivity (Wildman–Crippen MR) is 66.0 cm³/mol. The third-order valence-electron chi connectivity index (χ3n) is 2.24. The lowest BCUT2D eigenvalue weighted by Gasteiger charge is -1.98. The Balaban J connectivity index is 2.50. The molecule has 0 fully saturated rings. The number of aromatic nitrogens is 2. The molecule has 15 heavy (non-hydrogen) atoms. The molecule has 2 nitrogen and oxygen atoms in total. The number of nitrogens with one attached hydrogen (secondary N) is 1. The molecule has 78 valence electrons. The summed E-state index contributed by atoms with van der Waals surface area (Å²) in [4.78, 5) is 7.67. The standard InChI is InChI=1S/C11H10BrClN2/c1-7-10(6-13)15-11(14-7)8-4-2-3-5-9(8)12/h2-5H,6H2,1H3,(H,14,15). The molecule has 2 rings (SSSR count). The Morgan fingerprint density at radius 2 is 2.13 bits per heavy atom. The van der Waals surface area contributed by atoms with Gasteiger partial charge in [-0.3, -0.25) is 0 Å². The summed E-state index contributed by atoms with van der Waals surface area (Å²) < 4.78 is 1.03. The van der Waals surface area contributed by atoms with Crippen molar-refractivity contribution in [3.8, 4) is 11.4 Å². The van der Waals surface area contributed by atoms with Gasteiger partial charge in [0.25, 0.3) is 0 Å². The van der Waals surface area contributed by atoms with Crippen LogP contribution in [-0.4, -0.2) is 9.97 Å². The van der Waals surface area contributed by atoms with Crippen LogP contribution in [0.25, 0.3) is 11.4 Å². The fraction of sp³-hybridized carbons (Fsp3) is 0.182. The lowest BCUT2D eigenvalue weighted by Crippen LogP contribution is -1.82. The summed E-state index contributed by atoms with van der Waals surface area (Å²) in [5.41, 5.74) is 2.98. The van der Waals surface area contributed by atoms with Crippen LogP contribution in [0, 0.1) is 6.92 Å². The van der Waals surface area contributed by atoms with Gasteiger partial charge in [-0.1, -0.05) is 34.1 Å². The van der Waals surface area contributed by atoms with Crippen LogP contribution in [-0.2, 0) is 5.88 Å². The average molecular weight is 286 g/mol. The molecule has 1 aromatic carbocycles. The first-order valence-corrected chi connectivity index (χ1v) is 5.91. The highest BCUT2D eigenvalue weighted by Gasteiger charge is 2.09. The van der Waals surface area contributed by atoms with Gasteiger partial charge >= 0.3 is 0 Å². The number of halogens is 2. The fourth-order valence-electron chi connectivity index (χ4n) is 1.41. The molecular weight excluding hydrogens is 275 g/mol. The van der Waals surface area contributed by atoms with Crippen molar-refractivity contribution in [3.05, 3.63) is 40.1 Å². The first-order valence-electron chi connectivity index (χ1n) is 4.58. The Morgan fingerprint density at radius 3 is 2.73 bits per heavy atom. The third-order valence-corrected chi connectivity index (χ3v) is 3.19. The molecule has 0 atom stereocenters. The molecule has 0 aliphatic rings. The topological polar surface area (TPSA) is 28.7 Å². The van der Waals surface area contributed by atoms with E-state index in [0.717, 1.165) is 27.2 Å². The predicted octanol–water partition coefficient (Wildman–Crippen LogP) is 3.89. The molecule has 0 bridgehead atoms. The Morgan fingerprint density at radius 1 is 1.40 bits per heavy atom. The van der Waals surface area contributed by atoms with Gasteiger partial charge < -0.3 is 4.98 Å². The number of hydrogen-bond acceptors (Lipinski definition) is 1. The number of aromatic amines is 1. The number of rotatable bonds is 2. The van der Waals surface area contributed by atoms with E-state index < -0.39 is 0 Å². The number of imidazole rings is 1. The van der Waals surface area contributed by atoms with Crippen molar-refractivity contribution in [1.82, 2.24) is 9.97 Å². The van der Waals surface area contributed by atoms with E-state index >= 15 is 0 Å². The molecule has 0 saturated heterocycles. The highest BCUT2D eigenvalue weighted by Crippen LogP contribution is 2.26. The van der Waals surface area contributed by atoms with Crippen LogP contribution in [0.3, 0.4) is 0 Å². The lowest BCUT2D eigenvalue weighted by atomic mass is 10.2. The highest BCUT2D eigenvalue weighted by molar-refractivity contribution is 9.10. The van der Waals surface area contributed by atoms with E-state index in [1.165, 1.54) is 0 Å². The summed E-state index contributed by atoms with van der Waals surface area (Å²) in [7, 11) is 0. The zero-order valence-corrected chi connectivity index (χ0v) is 10.6. The summed E-state index contributed by atoms with van der Waals surface area (Å²) in [6.07, 6.45) is 0. The van der Waals surface area contributed by atoms with Gasteiger partial charge in [0, 0.05) is 15.7 Å². The minimum Gasteiger partial charge on any atom is -0.342 e. The maximum absolute atomic E-state index is 5.78. The van der Waals surface area contributed by atoms with Crippen LogP contribution in [0.15, 0.2) is 28.7 Å². The molecular formula is C11H10BrClN2. The fourth-order valence-corrected chi connectivity index (χ4v) is 2.14. The van der Waals surface area contributed by atoms with Gasteiger partial charge in [0.15, 0.2) is 0 Å². The second-order valence-corrected chi connectivity index (χ2v) is 4.39. The number of nitrogens with zero attached hydrogens (tertiary/aromatic N) is 1. The second-order valence-electron chi connectivity index (χ2n) is 3.27. The molecule has 0 saturated carbocycles. The molecule has 1 heterocycles. The van der Waals surface area contributed by atoms with Crippen molar-refractivity contribution >= 4 is 27.5 Å². The average Bonchev–Trinajstić information content (AvgIpc) is 2.60. The van der Waals surface area contributed by atoms with Crippen LogP contribution in [0.5, 0.6) is 0 Å². The van der Waals surface area contributed by atoms with E-state index in [2.05, 4.69) is 25.9 Å². The molecule has 2 aromatic rings. The minimum atomic E-state index is 0.437. The zero-order valence-electron chi connectivity index (χ0n) is 8.22. The maximum atomic E-state index is 5.78. The Bertz CT molecular complexity index is 479. The first-order chi connectivity index (χ1) is 7.22. The smallest absolute Gasteiger partial charge is 0.139 e. The Kier molecular flexibility index (Phi) is 3.12. The van der Waals surface area contributed by atoms with Crippen LogP contribution >= 0.6 is 27.5 Å². The quantitative estimate of drug-likeness (QED) is 0.833. The zero-order chi connectivity index (χ0) is 10.8. The van der Waals surface area contributed by atoms with Crippen LogP contribution < -0.4 is 0 Å². The SMILES string of the molecule is Cc1[nH]c(-c2ccccc2Br)nc1CCl. The molecule has 1 N–H and O–H groups in total. The van der Waals surface area contributed by atoms with E-state index in [0.29, 0.717) is 5.88 Å². The molecule has 1 aromatic heterocycles. The van der Waals surface area contributed by atoms with Crippen molar-refractivity contribution < 1.29 is 0 Å². The van der Waals surface area contributed by atoms with Crippen LogP contribution in [0.4, 0.5) is 0 Å². The van der Waals surface area contributed by atoms with Crippen molar-refractivity contribution in [1.29, 1.82) is 0 Å². The van der Waals surface area contributed by atoms with Gasteiger partial charge in [0.1, 0.15) is 5.82 Å². The van der Waals surface area contributed by atoms with E-state index in [4.69, 9.17) is 11.6 Å². The maximum Gasteiger partial charge on any atom is 0.139 e. The number of H-pyrrole nitrogens is 1. The molecule has 0 spiro atoms. The molecule has 0 radical (unpaired) electrons. The minimum absolute atomic E-state index is 0.437. The van der Waals surface area contributed by atoms with Crippen molar-refractivity contribution in [3.63, 3.8) is 0 Å². The molecule has 4 heteroatoms. The molecule has 0 unspecified atom stereocenters. The van der Waals surface area contributed by atoms with Gasteiger partial charge in [0.2, 0.25) is 0 Å². The van der Waals surface area contributed by atoms with E-state index in [9.17, 15) is 0 Å². The highest BCUT2D eigenvalue weighted by atomic mass is 79.9. The van der Waals surface area contributed by atoms with Crippen molar-refractivity contribution in [2.24, 2.45) is 0 Å². The number of benzene rings is 1. The Hall–Kier alpha value is -0.800. The normalized spacial score (nSPS) is 10.6. The third kappa shape index (κ3) is 2.08. The monoisotopic (exact) mass is 284 g/mol. The second kappa shape index (κ2) is 4.37. The summed E-state index contributed by atoms with van der Waals surface area (Å²) in [6, 6.07) is 7.97. The van der Waals surface area contributed by atoms with E-state index in [-0.39, 0.29) is 0 Å². The van der Waals surface area contributed by atoms with Gasteiger partial charge in [0.05, 0.1) is 11.6 Å². The van der Waals surface area contributed by atoms with Crippen molar-refractivity contribution in [2.75, 3.05) is 0 Å². The van der Waals surface area contributed by atoms with Gasteiger partial charge in [-0.05, 0) is 13.0 Å². The molecule has 0 aliphatic carbocycles. The van der Waals surface area contributed by atoms with Crippen LogP contribution in [0.1, 0.15) is 11.4 Å². The van der Waals surface area contributed by atoms with Crippen molar-refractivity contribution in [2.45, 2.75) is 12.8 Å². The Labute approximate surface area is 102 Å². The van der Waals surface area contributed by atoms with Crippen LogP contribution in [0.2, 0.25) is 0 Å². The van der Waals surface area contributed by atoms with Gasteiger partial charge in [-0.2, -0.15) is 0 Å². The molecule has 0 aliphatic heterocycles. The summed E-state index contributed by atoms with van der Waals surface area (Å²) in [6.45, 7) is 1.98. The van der Waals surface area contributed by atoms with Gasteiger partial charge in [-0.25, -0.2) is 4.98 Å². The number of hydrogen-bond donors (Lipinski definition) is 1. The summed E-state index contributed by atoms with van der Waals surface area (Å²) >= 11 is 9.27. The van der Waals surface area contributed by atoms with E-state index in [1.54, 1.807) is 0 Å². The number of aryl methyl sites for hydroxylation is 1. The first kappa shape index (κ1) is 10.7. The van der Waals surface area contributed by atoms with E-state index in [1.807, 2.05) is 31.2 Å². The molecule has 0 amide bonds. The number of alkyl halides is 1. The lowest BCUT2D eigenvalue weighted by molar-refractivity contribution is 1.18. The summed E-state index contributed by atoms with van der Waals surface area (Å²) in [5.74, 6) is 1.29.